The van der Waals surface area contributed by atoms with E-state index >= 15 is 0 Å². The highest BCUT2D eigenvalue weighted by Crippen LogP contribution is 2.25. The second kappa shape index (κ2) is 10.5. The van der Waals surface area contributed by atoms with Crippen molar-refractivity contribution in [1.82, 2.24) is 4.57 Å². The van der Waals surface area contributed by atoms with Crippen molar-refractivity contribution in [2.75, 3.05) is 5.43 Å². The molecule has 0 saturated carbocycles. The van der Waals surface area contributed by atoms with Crippen molar-refractivity contribution in [3.8, 4) is 16.9 Å². The Morgan fingerprint density at radius 1 is 1.00 bits per heavy atom. The molecule has 0 aliphatic heterocycles. The van der Waals surface area contributed by atoms with E-state index in [4.69, 9.17) is 11.6 Å². The van der Waals surface area contributed by atoms with Gasteiger partial charge in [-0.15, -0.1) is 16.4 Å². The fourth-order valence-corrected chi connectivity index (χ4v) is 4.15. The Labute approximate surface area is 203 Å². The minimum absolute atomic E-state index is 0.676. The van der Waals surface area contributed by atoms with E-state index in [1.807, 2.05) is 73.7 Å². The molecular weight excluding hydrogens is 506 g/mol. The number of anilines is 1. The summed E-state index contributed by atoms with van der Waals surface area (Å²) in [6, 6.07) is 25.6. The first-order valence-electron chi connectivity index (χ1n) is 9.75. The summed E-state index contributed by atoms with van der Waals surface area (Å²) in [5.74, 6) is 0. The number of nitrogens with zero attached hydrogens (tertiary/aromatic N) is 4. The lowest BCUT2D eigenvalue weighted by atomic mass is 10.1. The molecule has 4 rings (SSSR count). The van der Waals surface area contributed by atoms with E-state index < -0.39 is 0 Å². The summed E-state index contributed by atoms with van der Waals surface area (Å²) in [6.45, 7) is 1.86. The van der Waals surface area contributed by atoms with Crippen molar-refractivity contribution in [3.63, 3.8) is 0 Å². The third-order valence-corrected chi connectivity index (χ3v) is 6.04. The molecule has 1 N–H and O–H groups in total. The first-order chi connectivity index (χ1) is 15.6. The second-order valence-corrected chi connectivity index (χ2v) is 8.99. The van der Waals surface area contributed by atoms with Crippen molar-refractivity contribution >= 4 is 56.5 Å². The van der Waals surface area contributed by atoms with Gasteiger partial charge < -0.3 is 0 Å². The third-order valence-electron chi connectivity index (χ3n) is 4.45. The molecule has 3 aromatic carbocycles. The number of para-hydroxylation sites is 1. The highest BCUT2D eigenvalue weighted by atomic mass is 79.9. The van der Waals surface area contributed by atoms with E-state index in [0.717, 1.165) is 31.9 Å². The highest BCUT2D eigenvalue weighted by molar-refractivity contribution is 9.10. The number of thiazole rings is 1. The van der Waals surface area contributed by atoms with Crippen LogP contribution < -0.4 is 10.2 Å². The second-order valence-electron chi connectivity index (χ2n) is 6.80. The predicted molar refractivity (Wildman–Crippen MR) is 139 cm³/mol. The summed E-state index contributed by atoms with van der Waals surface area (Å²) < 4.78 is 3.10. The Hall–Kier alpha value is -3.00. The van der Waals surface area contributed by atoms with Gasteiger partial charge in [-0.3, -0.25) is 9.99 Å². The summed E-state index contributed by atoms with van der Waals surface area (Å²) in [4.78, 5) is 0.744. The average Bonchev–Trinajstić information content (AvgIpc) is 3.23. The molecule has 0 atom stereocenters. The molecule has 160 valence electrons. The maximum atomic E-state index is 6.10. The van der Waals surface area contributed by atoms with E-state index in [1.165, 1.54) is 11.3 Å². The SMILES string of the molecule is CC(/C=N/Nc1ccccc1)=N\N=c1/scc(-c2ccc(Br)cc2)n1-c1ccc(Cl)cc1. The molecule has 8 heteroatoms. The van der Waals surface area contributed by atoms with Crippen molar-refractivity contribution in [2.24, 2.45) is 15.3 Å². The summed E-state index contributed by atoms with van der Waals surface area (Å²) in [5, 5.41) is 15.8. The lowest BCUT2D eigenvalue weighted by Gasteiger charge is -2.09. The molecule has 0 amide bonds. The third kappa shape index (κ3) is 5.62. The first-order valence-corrected chi connectivity index (χ1v) is 11.8. The summed E-state index contributed by atoms with van der Waals surface area (Å²) >= 11 is 11.1. The van der Waals surface area contributed by atoms with Crippen LogP contribution in [0, 0.1) is 0 Å². The number of rotatable bonds is 6. The molecule has 0 saturated heterocycles. The van der Waals surface area contributed by atoms with Gasteiger partial charge >= 0.3 is 0 Å². The van der Waals surface area contributed by atoms with Gasteiger partial charge in [0.2, 0.25) is 4.80 Å². The maximum Gasteiger partial charge on any atom is 0.215 e. The molecule has 5 nitrogen and oxygen atoms in total. The van der Waals surface area contributed by atoms with Gasteiger partial charge in [0.15, 0.2) is 0 Å². The van der Waals surface area contributed by atoms with Crippen LogP contribution in [0.1, 0.15) is 6.92 Å². The monoisotopic (exact) mass is 523 g/mol. The molecule has 0 fully saturated rings. The Bertz CT molecular complexity index is 1310. The quantitative estimate of drug-likeness (QED) is 0.214. The molecule has 32 heavy (non-hydrogen) atoms. The van der Waals surface area contributed by atoms with E-state index in [0.29, 0.717) is 10.7 Å². The number of hydrogen-bond acceptors (Lipinski definition) is 5. The molecule has 0 spiro atoms. The van der Waals surface area contributed by atoms with Gasteiger partial charge in [0.05, 0.1) is 23.3 Å². The number of nitrogens with one attached hydrogen (secondary N) is 1. The lowest BCUT2D eigenvalue weighted by Crippen LogP contribution is -2.13. The van der Waals surface area contributed by atoms with Gasteiger partial charge in [-0.2, -0.15) is 10.2 Å². The number of hydrazone groups is 1. The molecule has 1 aromatic heterocycles. The smallest absolute Gasteiger partial charge is 0.215 e. The zero-order valence-corrected chi connectivity index (χ0v) is 20.3. The van der Waals surface area contributed by atoms with E-state index in [-0.39, 0.29) is 0 Å². The molecule has 4 aromatic rings. The molecule has 0 bridgehead atoms. The normalized spacial score (nSPS) is 12.5. The van der Waals surface area contributed by atoms with Gasteiger partial charge in [0.25, 0.3) is 0 Å². The van der Waals surface area contributed by atoms with Crippen LogP contribution >= 0.6 is 38.9 Å². The zero-order valence-electron chi connectivity index (χ0n) is 17.1. The van der Waals surface area contributed by atoms with Crippen LogP contribution in [0.25, 0.3) is 16.9 Å². The molecule has 0 aliphatic carbocycles. The standard InChI is InChI=1S/C24H19BrClN5S/c1-17(15-27-29-21-5-3-2-4-6-21)28-30-24-31(22-13-11-20(26)12-14-22)23(16-32-24)18-7-9-19(25)10-8-18/h2-16,29H,1H3/b27-15+,28-17+,30-24-. The van der Waals surface area contributed by atoms with Crippen LogP contribution in [0.5, 0.6) is 0 Å². The Morgan fingerprint density at radius 3 is 2.44 bits per heavy atom. The van der Waals surface area contributed by atoms with E-state index in [9.17, 15) is 0 Å². The summed E-state index contributed by atoms with van der Waals surface area (Å²) in [7, 11) is 0. The Morgan fingerprint density at radius 2 is 1.72 bits per heavy atom. The Kier molecular flexibility index (Phi) is 7.32. The molecule has 0 aliphatic rings. The van der Waals surface area contributed by atoms with Crippen LogP contribution in [-0.2, 0) is 0 Å². The lowest BCUT2D eigenvalue weighted by molar-refractivity contribution is 0.971. The zero-order chi connectivity index (χ0) is 22.3. The molecule has 1 heterocycles. The van der Waals surface area contributed by atoms with Crippen LogP contribution in [0.2, 0.25) is 5.02 Å². The number of hydrogen-bond donors (Lipinski definition) is 1. The fraction of sp³-hybridized carbons (Fsp3) is 0.0417. The minimum atomic E-state index is 0.676. The number of benzene rings is 3. The van der Waals surface area contributed by atoms with Gasteiger partial charge in [0, 0.05) is 20.6 Å². The summed E-state index contributed by atoms with van der Waals surface area (Å²) in [6.07, 6.45) is 1.65. The molecule has 0 radical (unpaired) electrons. The van der Waals surface area contributed by atoms with Crippen molar-refractivity contribution in [3.05, 3.63) is 98.5 Å². The largest absolute Gasteiger partial charge is 0.284 e. The topological polar surface area (TPSA) is 54.0 Å². The van der Waals surface area contributed by atoms with Crippen LogP contribution in [-0.4, -0.2) is 16.5 Å². The summed E-state index contributed by atoms with van der Waals surface area (Å²) in [5.41, 5.74) is 7.62. The van der Waals surface area contributed by atoms with Crippen molar-refractivity contribution in [1.29, 1.82) is 0 Å². The predicted octanol–water partition coefficient (Wildman–Crippen LogP) is 7.00. The minimum Gasteiger partial charge on any atom is -0.284 e. The van der Waals surface area contributed by atoms with E-state index in [2.05, 4.69) is 58.7 Å². The van der Waals surface area contributed by atoms with Crippen LogP contribution in [0.15, 0.2) is 104 Å². The van der Waals surface area contributed by atoms with Gasteiger partial charge in [-0.05, 0) is 61.0 Å². The Balaban J connectivity index is 1.68. The molecular formula is C24H19BrClN5S. The first kappa shape index (κ1) is 22.2. The van der Waals surface area contributed by atoms with Gasteiger partial charge in [-0.25, -0.2) is 0 Å². The average molecular weight is 525 g/mol. The fourth-order valence-electron chi connectivity index (χ4n) is 2.90. The number of aromatic nitrogens is 1. The van der Waals surface area contributed by atoms with Crippen molar-refractivity contribution in [2.45, 2.75) is 6.92 Å². The van der Waals surface area contributed by atoms with Crippen LogP contribution in [0.3, 0.4) is 0 Å². The molecule has 0 unspecified atom stereocenters. The number of halogens is 2. The van der Waals surface area contributed by atoms with E-state index in [1.54, 1.807) is 6.21 Å². The van der Waals surface area contributed by atoms with Crippen molar-refractivity contribution < 1.29 is 0 Å². The van der Waals surface area contributed by atoms with Crippen LogP contribution in [0.4, 0.5) is 5.69 Å². The highest BCUT2D eigenvalue weighted by Gasteiger charge is 2.10. The van der Waals surface area contributed by atoms with Gasteiger partial charge in [0.1, 0.15) is 0 Å². The maximum absolute atomic E-state index is 6.10. The van der Waals surface area contributed by atoms with Gasteiger partial charge in [-0.1, -0.05) is 57.9 Å².